The minimum atomic E-state index is -3.49. The second-order valence-corrected chi connectivity index (χ2v) is 7.37. The largest absolute Gasteiger partial charge is 0.310 e. The molecule has 6 nitrogen and oxygen atoms in total. The lowest BCUT2D eigenvalue weighted by molar-refractivity contribution is 0.334. The summed E-state index contributed by atoms with van der Waals surface area (Å²) >= 11 is 0. The van der Waals surface area contributed by atoms with Crippen molar-refractivity contribution in [2.45, 2.75) is 57.0 Å². The van der Waals surface area contributed by atoms with Gasteiger partial charge in [0.1, 0.15) is 4.90 Å². The Balaban J connectivity index is 2.08. The molecule has 1 saturated heterocycles. The zero-order valence-corrected chi connectivity index (χ0v) is 13.4. The van der Waals surface area contributed by atoms with E-state index in [9.17, 15) is 8.42 Å². The van der Waals surface area contributed by atoms with Gasteiger partial charge in [-0.1, -0.05) is 6.42 Å². The topological polar surface area (TPSA) is 76.0 Å². The first-order chi connectivity index (χ1) is 9.31. The van der Waals surface area contributed by atoms with Crippen LogP contribution in [0.2, 0.25) is 0 Å². The highest BCUT2D eigenvalue weighted by atomic mass is 32.2. The molecular weight excluding hydrogens is 276 g/mol. The summed E-state index contributed by atoms with van der Waals surface area (Å²) in [4.78, 5) is 0.309. The molecule has 2 heterocycles. The van der Waals surface area contributed by atoms with Crippen LogP contribution in [-0.2, 0) is 17.1 Å². The van der Waals surface area contributed by atoms with E-state index >= 15 is 0 Å². The number of aromatic nitrogens is 2. The maximum atomic E-state index is 12.4. The van der Waals surface area contributed by atoms with Crippen molar-refractivity contribution in [2.24, 2.45) is 7.05 Å². The molecule has 2 atom stereocenters. The molecule has 20 heavy (non-hydrogen) atoms. The van der Waals surface area contributed by atoms with Crippen LogP contribution in [0.4, 0.5) is 0 Å². The fourth-order valence-corrected chi connectivity index (χ4v) is 4.34. The molecule has 0 saturated carbocycles. The van der Waals surface area contributed by atoms with Gasteiger partial charge in [0, 0.05) is 25.7 Å². The lowest BCUT2D eigenvalue weighted by Crippen LogP contribution is -2.47. The van der Waals surface area contributed by atoms with Crippen LogP contribution in [0.25, 0.3) is 0 Å². The summed E-state index contributed by atoms with van der Waals surface area (Å²) in [5.74, 6) is 0. The minimum Gasteiger partial charge on any atom is -0.310 e. The van der Waals surface area contributed by atoms with Crippen LogP contribution in [0, 0.1) is 13.8 Å². The third-order valence-corrected chi connectivity index (χ3v) is 5.62. The standard InChI is InChI=1S/C13H24N4O2S/c1-9-6-5-7-12(15-9)8-14-20(18,19)13-10(2)16-17(4)11(13)3/h9,12,14-15H,5-8H2,1-4H3. The molecule has 0 bridgehead atoms. The van der Waals surface area contributed by atoms with E-state index < -0.39 is 10.0 Å². The predicted molar refractivity (Wildman–Crippen MR) is 78.1 cm³/mol. The summed E-state index contributed by atoms with van der Waals surface area (Å²) in [7, 11) is -1.74. The Kier molecular flexibility index (Phi) is 4.51. The zero-order valence-electron chi connectivity index (χ0n) is 12.6. The number of piperidine rings is 1. The molecule has 2 rings (SSSR count). The molecular formula is C13H24N4O2S. The number of hydrogen-bond acceptors (Lipinski definition) is 4. The average Bonchev–Trinajstić information content (AvgIpc) is 2.61. The van der Waals surface area contributed by atoms with Gasteiger partial charge in [0.05, 0.1) is 11.4 Å². The van der Waals surface area contributed by atoms with Crippen molar-refractivity contribution in [2.75, 3.05) is 6.54 Å². The highest BCUT2D eigenvalue weighted by molar-refractivity contribution is 7.89. The first-order valence-corrected chi connectivity index (χ1v) is 8.55. The maximum absolute atomic E-state index is 12.4. The number of nitrogens with one attached hydrogen (secondary N) is 2. The Morgan fingerprint density at radius 3 is 2.65 bits per heavy atom. The van der Waals surface area contributed by atoms with Crippen molar-refractivity contribution in [1.29, 1.82) is 0 Å². The van der Waals surface area contributed by atoms with E-state index in [1.165, 1.54) is 0 Å². The average molecular weight is 300 g/mol. The molecule has 1 fully saturated rings. The molecule has 114 valence electrons. The summed E-state index contributed by atoms with van der Waals surface area (Å²) in [6, 6.07) is 0.672. The van der Waals surface area contributed by atoms with Crippen molar-refractivity contribution in [3.05, 3.63) is 11.4 Å². The predicted octanol–water partition coefficient (Wildman–Crippen LogP) is 0.846. The Labute approximate surface area is 121 Å². The van der Waals surface area contributed by atoms with Gasteiger partial charge in [-0.2, -0.15) is 5.10 Å². The number of aryl methyl sites for hydroxylation is 2. The van der Waals surface area contributed by atoms with Crippen LogP contribution >= 0.6 is 0 Å². The number of sulfonamides is 1. The van der Waals surface area contributed by atoms with Crippen molar-refractivity contribution in [1.82, 2.24) is 19.8 Å². The van der Waals surface area contributed by atoms with Crippen molar-refractivity contribution < 1.29 is 8.42 Å². The van der Waals surface area contributed by atoms with Crippen LogP contribution < -0.4 is 10.0 Å². The van der Waals surface area contributed by atoms with Crippen molar-refractivity contribution >= 4 is 10.0 Å². The molecule has 1 aliphatic rings. The molecule has 2 unspecified atom stereocenters. The fraction of sp³-hybridized carbons (Fsp3) is 0.769. The molecule has 1 aromatic heterocycles. The van der Waals surface area contributed by atoms with Gasteiger partial charge >= 0.3 is 0 Å². The van der Waals surface area contributed by atoms with Crippen LogP contribution in [0.1, 0.15) is 37.6 Å². The quantitative estimate of drug-likeness (QED) is 0.864. The zero-order chi connectivity index (χ0) is 14.9. The smallest absolute Gasteiger partial charge is 0.244 e. The van der Waals surface area contributed by atoms with E-state index in [0.29, 0.717) is 28.9 Å². The van der Waals surface area contributed by atoms with Gasteiger partial charge < -0.3 is 5.32 Å². The van der Waals surface area contributed by atoms with E-state index in [0.717, 1.165) is 19.3 Å². The third-order valence-electron chi connectivity index (χ3n) is 3.94. The van der Waals surface area contributed by atoms with Gasteiger partial charge in [0.25, 0.3) is 0 Å². The fourth-order valence-electron chi connectivity index (χ4n) is 2.83. The van der Waals surface area contributed by atoms with Crippen molar-refractivity contribution in [3.63, 3.8) is 0 Å². The highest BCUT2D eigenvalue weighted by Crippen LogP contribution is 2.19. The number of rotatable bonds is 4. The van der Waals surface area contributed by atoms with Gasteiger partial charge in [-0.25, -0.2) is 13.1 Å². The van der Waals surface area contributed by atoms with E-state index in [4.69, 9.17) is 0 Å². The lowest BCUT2D eigenvalue weighted by atomic mass is 10.00. The molecule has 7 heteroatoms. The van der Waals surface area contributed by atoms with Gasteiger partial charge in [0.15, 0.2) is 0 Å². The van der Waals surface area contributed by atoms with Crippen LogP contribution in [0.3, 0.4) is 0 Å². The molecule has 1 aliphatic heterocycles. The van der Waals surface area contributed by atoms with Crippen LogP contribution in [0.5, 0.6) is 0 Å². The number of hydrogen-bond donors (Lipinski definition) is 2. The molecule has 1 aromatic rings. The first-order valence-electron chi connectivity index (χ1n) is 7.07. The van der Waals surface area contributed by atoms with E-state index in [2.05, 4.69) is 22.1 Å². The maximum Gasteiger partial charge on any atom is 0.244 e. The first kappa shape index (κ1) is 15.5. The van der Waals surface area contributed by atoms with E-state index in [-0.39, 0.29) is 6.04 Å². The normalized spacial score (nSPS) is 24.0. The molecule has 0 amide bonds. The SMILES string of the molecule is Cc1nn(C)c(C)c1S(=O)(=O)NCC1CCCC(C)N1. The summed E-state index contributed by atoms with van der Waals surface area (Å²) in [5.41, 5.74) is 1.21. The monoisotopic (exact) mass is 300 g/mol. The summed E-state index contributed by atoms with van der Waals surface area (Å²) in [5, 5.41) is 7.59. The van der Waals surface area contributed by atoms with E-state index in [1.807, 2.05) is 0 Å². The van der Waals surface area contributed by atoms with Crippen LogP contribution in [0.15, 0.2) is 4.90 Å². The van der Waals surface area contributed by atoms with Gasteiger partial charge in [-0.05, 0) is 33.6 Å². The molecule has 0 radical (unpaired) electrons. The van der Waals surface area contributed by atoms with Gasteiger partial charge in [0.2, 0.25) is 10.0 Å². The van der Waals surface area contributed by atoms with E-state index in [1.54, 1.807) is 25.6 Å². The Bertz CT molecular complexity index is 579. The highest BCUT2D eigenvalue weighted by Gasteiger charge is 2.25. The summed E-state index contributed by atoms with van der Waals surface area (Å²) in [6.07, 6.45) is 3.31. The van der Waals surface area contributed by atoms with Gasteiger partial charge in [-0.15, -0.1) is 0 Å². The van der Waals surface area contributed by atoms with Crippen molar-refractivity contribution in [3.8, 4) is 0 Å². The molecule has 0 aromatic carbocycles. The Morgan fingerprint density at radius 1 is 1.40 bits per heavy atom. The third kappa shape index (κ3) is 3.21. The Hall–Kier alpha value is -0.920. The second kappa shape index (κ2) is 5.83. The second-order valence-electron chi connectivity index (χ2n) is 5.67. The Morgan fingerprint density at radius 2 is 2.10 bits per heavy atom. The molecule has 0 aliphatic carbocycles. The molecule has 0 spiro atoms. The van der Waals surface area contributed by atoms with Crippen LogP contribution in [-0.4, -0.2) is 36.8 Å². The van der Waals surface area contributed by atoms with Gasteiger partial charge in [-0.3, -0.25) is 4.68 Å². The lowest BCUT2D eigenvalue weighted by Gasteiger charge is -2.28. The number of nitrogens with zero attached hydrogens (tertiary/aromatic N) is 2. The summed E-state index contributed by atoms with van der Waals surface area (Å²) in [6.45, 7) is 6.06. The minimum absolute atomic E-state index is 0.214. The summed E-state index contributed by atoms with van der Waals surface area (Å²) < 4.78 is 29.2. The molecule has 2 N–H and O–H groups in total.